The van der Waals surface area contributed by atoms with Gasteiger partial charge in [0.2, 0.25) is 11.8 Å². The summed E-state index contributed by atoms with van der Waals surface area (Å²) in [5.74, 6) is -2.33. The number of rotatable bonds is 17. The molecule has 0 spiro atoms. The van der Waals surface area contributed by atoms with Crippen LogP contribution in [0, 0.1) is 17.8 Å². The van der Waals surface area contributed by atoms with Crippen LogP contribution in [-0.4, -0.2) is 72.1 Å². The van der Waals surface area contributed by atoms with Crippen LogP contribution < -0.4 is 16.5 Å². The van der Waals surface area contributed by atoms with Crippen LogP contribution in [0.3, 0.4) is 0 Å². The minimum atomic E-state index is -1.17. The molecule has 6 N–H and O–H groups in total. The van der Waals surface area contributed by atoms with Crippen molar-refractivity contribution in [2.45, 2.75) is 135 Å². The van der Waals surface area contributed by atoms with Gasteiger partial charge in [0.25, 0.3) is 5.91 Å². The number of H-pyrrole nitrogens is 2. The SMILES string of the molecule is CC(C)C[C@@H](c1nc2ccccc2[nH]1)N(NC(=O)C(Cc1c[nH]cn1)NC(=O)C(N)CC1=CC(=O)C(C(=O)OC(C)(C)C)C=C1)C(=O)CCCCC1CCCCC1. The van der Waals surface area contributed by atoms with Gasteiger partial charge in [0.05, 0.1) is 29.1 Å². The summed E-state index contributed by atoms with van der Waals surface area (Å²) in [4.78, 5) is 83.0. The molecule has 1 fully saturated rings. The van der Waals surface area contributed by atoms with Crippen LogP contribution in [0.15, 0.2) is 60.6 Å². The Morgan fingerprint density at radius 1 is 1.04 bits per heavy atom. The second-order valence-corrected chi connectivity index (χ2v) is 16.9. The zero-order valence-electron chi connectivity index (χ0n) is 34.0. The predicted molar refractivity (Wildman–Crippen MR) is 217 cm³/mol. The van der Waals surface area contributed by atoms with Gasteiger partial charge < -0.3 is 25.8 Å². The lowest BCUT2D eigenvalue weighted by molar-refractivity contribution is -0.159. The third kappa shape index (κ3) is 12.7. The second-order valence-electron chi connectivity index (χ2n) is 16.9. The first kappa shape index (κ1) is 43.0. The number of fused-ring (bicyclic) bond motifs is 1. The van der Waals surface area contributed by atoms with E-state index in [0.29, 0.717) is 35.9 Å². The lowest BCUT2D eigenvalue weighted by atomic mass is 9.85. The fourth-order valence-electron chi connectivity index (χ4n) is 7.50. The summed E-state index contributed by atoms with van der Waals surface area (Å²) >= 11 is 0. The number of ether oxygens (including phenoxy) is 1. The molecule has 0 aliphatic heterocycles. The molecule has 0 saturated heterocycles. The molecular formula is C43H60N8O6. The first-order valence-electron chi connectivity index (χ1n) is 20.4. The first-order valence-corrected chi connectivity index (χ1v) is 20.4. The van der Waals surface area contributed by atoms with E-state index >= 15 is 0 Å². The Hall–Kier alpha value is -5.11. The Morgan fingerprint density at radius 3 is 2.46 bits per heavy atom. The number of hydrazine groups is 1. The number of nitrogens with two attached hydrogens (primary N) is 1. The molecule has 2 heterocycles. The summed E-state index contributed by atoms with van der Waals surface area (Å²) in [6, 6.07) is 4.68. The molecule has 1 saturated carbocycles. The topological polar surface area (TPSA) is 205 Å². The van der Waals surface area contributed by atoms with Gasteiger partial charge in [-0.15, -0.1) is 0 Å². The summed E-state index contributed by atoms with van der Waals surface area (Å²) in [7, 11) is 0. The second kappa shape index (κ2) is 19.8. The monoisotopic (exact) mass is 784 g/mol. The number of esters is 1. The van der Waals surface area contributed by atoms with Crippen LogP contribution in [0.5, 0.6) is 0 Å². The number of amides is 3. The van der Waals surface area contributed by atoms with Crippen molar-refractivity contribution in [1.29, 1.82) is 0 Å². The molecule has 4 atom stereocenters. The molecule has 308 valence electrons. The number of allylic oxidation sites excluding steroid dienone is 2. The number of carbonyl (C=O) groups excluding carboxylic acids is 5. The maximum absolute atomic E-state index is 14.4. The number of nitrogens with one attached hydrogen (secondary N) is 4. The quantitative estimate of drug-likeness (QED) is 0.0482. The van der Waals surface area contributed by atoms with Crippen molar-refractivity contribution >= 4 is 40.5 Å². The van der Waals surface area contributed by atoms with Gasteiger partial charge in [-0.3, -0.25) is 29.4 Å². The van der Waals surface area contributed by atoms with Gasteiger partial charge in [-0.1, -0.05) is 83.1 Å². The average Bonchev–Trinajstić information content (AvgIpc) is 3.84. The minimum Gasteiger partial charge on any atom is -0.459 e. The van der Waals surface area contributed by atoms with Gasteiger partial charge >= 0.3 is 5.97 Å². The Kier molecular flexibility index (Phi) is 15.0. The maximum atomic E-state index is 14.4. The highest BCUT2D eigenvalue weighted by Gasteiger charge is 2.34. The number of nitrogens with zero attached hydrogens (tertiary/aromatic N) is 3. The molecule has 0 radical (unpaired) electrons. The molecule has 14 nitrogen and oxygen atoms in total. The van der Waals surface area contributed by atoms with Crippen molar-refractivity contribution in [1.82, 2.24) is 35.7 Å². The maximum Gasteiger partial charge on any atom is 0.321 e. The normalized spacial score (nSPS) is 17.8. The molecule has 3 unspecified atom stereocenters. The van der Waals surface area contributed by atoms with Crippen molar-refractivity contribution in [3.63, 3.8) is 0 Å². The van der Waals surface area contributed by atoms with Gasteiger partial charge in [0.1, 0.15) is 29.4 Å². The minimum absolute atomic E-state index is 0.00928. The summed E-state index contributed by atoms with van der Waals surface area (Å²) in [6.07, 6.45) is 17.2. The number of carbonyl (C=O) groups is 5. The molecule has 3 amide bonds. The Morgan fingerprint density at radius 2 is 1.79 bits per heavy atom. The molecule has 1 aromatic carbocycles. The number of hydrogen-bond donors (Lipinski definition) is 5. The van der Waals surface area contributed by atoms with Gasteiger partial charge in [-0.2, -0.15) is 0 Å². The van der Waals surface area contributed by atoms with E-state index < -0.39 is 53.2 Å². The van der Waals surface area contributed by atoms with E-state index in [4.69, 9.17) is 15.5 Å². The Balaban J connectivity index is 1.33. The van der Waals surface area contributed by atoms with E-state index in [2.05, 4.69) is 39.5 Å². The van der Waals surface area contributed by atoms with Crippen molar-refractivity contribution in [3.05, 3.63) is 72.1 Å². The number of para-hydroxylation sites is 2. The molecule has 2 aliphatic rings. The van der Waals surface area contributed by atoms with Crippen molar-refractivity contribution < 1.29 is 28.7 Å². The van der Waals surface area contributed by atoms with E-state index in [9.17, 15) is 24.0 Å². The number of ketones is 1. The van der Waals surface area contributed by atoms with Crippen LogP contribution in [0.1, 0.15) is 123 Å². The van der Waals surface area contributed by atoms with E-state index in [1.807, 2.05) is 24.3 Å². The lowest BCUT2D eigenvalue weighted by Crippen LogP contribution is -2.57. The summed E-state index contributed by atoms with van der Waals surface area (Å²) < 4.78 is 5.37. The largest absolute Gasteiger partial charge is 0.459 e. The number of imidazole rings is 2. The van der Waals surface area contributed by atoms with Crippen LogP contribution >= 0.6 is 0 Å². The molecule has 2 aromatic heterocycles. The van der Waals surface area contributed by atoms with Gasteiger partial charge in [-0.05, 0) is 75.7 Å². The zero-order valence-corrected chi connectivity index (χ0v) is 34.0. The fraction of sp³-hybridized carbons (Fsp3) is 0.558. The predicted octanol–water partition coefficient (Wildman–Crippen LogP) is 5.84. The Labute approximate surface area is 335 Å². The third-order valence-corrected chi connectivity index (χ3v) is 10.4. The van der Waals surface area contributed by atoms with Crippen molar-refractivity contribution in [2.24, 2.45) is 23.5 Å². The average molecular weight is 785 g/mol. The zero-order chi connectivity index (χ0) is 41.1. The molecule has 2 aliphatic carbocycles. The van der Waals surface area contributed by atoms with Crippen molar-refractivity contribution in [2.75, 3.05) is 0 Å². The van der Waals surface area contributed by atoms with E-state index in [0.717, 1.165) is 23.9 Å². The van der Waals surface area contributed by atoms with Crippen LogP contribution in [0.25, 0.3) is 11.0 Å². The number of unbranched alkanes of at least 4 members (excludes halogenated alkanes) is 1. The number of benzene rings is 1. The van der Waals surface area contributed by atoms with Gasteiger partial charge in [-0.25, -0.2) is 15.0 Å². The number of hydrogen-bond acceptors (Lipinski definition) is 9. The molecule has 0 bridgehead atoms. The third-order valence-electron chi connectivity index (χ3n) is 10.4. The molecular weight excluding hydrogens is 725 g/mol. The molecule has 3 aromatic rings. The van der Waals surface area contributed by atoms with Crippen LogP contribution in [0.2, 0.25) is 0 Å². The summed E-state index contributed by atoms with van der Waals surface area (Å²) in [5, 5.41) is 4.18. The van der Waals surface area contributed by atoms with E-state index in [1.165, 1.54) is 55.6 Å². The smallest absolute Gasteiger partial charge is 0.321 e. The number of aromatic nitrogens is 4. The standard InChI is InChI=1S/C43H60N8O6/c1-27(2)21-36(39-47-33-16-10-11-17-34(33)48-39)51(38(53)18-12-9-15-28-13-7-6-8-14-28)50-41(55)35(24-30-25-45-26-46-30)49-40(54)32(44)22-29-19-20-31(37(52)23-29)42(56)57-43(3,4)5/h10-11,16-17,19-20,23,25-28,31-32,35-36H,6-9,12-15,18,21-22,24,44H2,1-5H3,(H,45,46)(H,47,48)(H,49,54)(H,50,55)/t31?,32?,35?,36-/m0/s1. The molecule has 57 heavy (non-hydrogen) atoms. The molecule has 5 rings (SSSR count). The van der Waals surface area contributed by atoms with Crippen LogP contribution in [-0.2, 0) is 35.1 Å². The van der Waals surface area contributed by atoms with E-state index in [-0.39, 0.29) is 31.1 Å². The van der Waals surface area contributed by atoms with Gasteiger partial charge in [0, 0.05) is 19.0 Å². The highest BCUT2D eigenvalue weighted by Crippen LogP contribution is 2.30. The van der Waals surface area contributed by atoms with Crippen molar-refractivity contribution in [3.8, 4) is 0 Å². The summed E-state index contributed by atoms with van der Waals surface area (Å²) in [5.41, 5.74) is 11.0. The lowest BCUT2D eigenvalue weighted by Gasteiger charge is -2.33. The number of aromatic amines is 2. The highest BCUT2D eigenvalue weighted by atomic mass is 16.6. The summed E-state index contributed by atoms with van der Waals surface area (Å²) in [6.45, 7) is 9.27. The van der Waals surface area contributed by atoms with E-state index in [1.54, 1.807) is 33.0 Å². The molecule has 14 heteroatoms. The Bertz CT molecular complexity index is 1870. The fourth-order valence-corrected chi connectivity index (χ4v) is 7.50. The first-order chi connectivity index (χ1) is 27.2. The van der Waals surface area contributed by atoms with Gasteiger partial charge in [0.15, 0.2) is 5.78 Å². The van der Waals surface area contributed by atoms with Crippen LogP contribution in [0.4, 0.5) is 0 Å². The highest BCUT2D eigenvalue weighted by molar-refractivity contribution is 6.08.